The van der Waals surface area contributed by atoms with Gasteiger partial charge in [-0.15, -0.1) is 0 Å². The summed E-state index contributed by atoms with van der Waals surface area (Å²) in [7, 11) is -0.722. The summed E-state index contributed by atoms with van der Waals surface area (Å²) in [4.78, 5) is 0.0904. The topological polar surface area (TPSA) is 58.6 Å². The number of halogens is 4. The molecule has 5 nitrogen and oxygen atoms in total. The van der Waals surface area contributed by atoms with E-state index in [1.807, 2.05) is 0 Å². The van der Waals surface area contributed by atoms with E-state index < -0.39 is 27.8 Å². The summed E-state index contributed by atoms with van der Waals surface area (Å²) in [5.74, 6) is 0.681. The molecular formula is C24H24BrF3N2O3S. The molecule has 182 valence electrons. The van der Waals surface area contributed by atoms with Crippen molar-refractivity contribution in [1.29, 1.82) is 0 Å². The lowest BCUT2D eigenvalue weighted by molar-refractivity contribution is -0.137. The molecule has 0 aliphatic rings. The Morgan fingerprint density at radius 3 is 2.32 bits per heavy atom. The number of sulfonamides is 1. The van der Waals surface area contributed by atoms with Gasteiger partial charge in [-0.05, 0) is 76.4 Å². The van der Waals surface area contributed by atoms with Crippen LogP contribution in [0.15, 0.2) is 76.1 Å². The van der Waals surface area contributed by atoms with Crippen molar-refractivity contribution < 1.29 is 26.3 Å². The molecule has 0 fully saturated rings. The van der Waals surface area contributed by atoms with Gasteiger partial charge in [0.1, 0.15) is 5.75 Å². The fraction of sp³-hybridized carbons (Fsp3) is 0.250. The highest BCUT2D eigenvalue weighted by atomic mass is 79.9. The van der Waals surface area contributed by atoms with Gasteiger partial charge in [0.25, 0.3) is 0 Å². The Hall–Kier alpha value is -2.56. The molecule has 10 heteroatoms. The number of ether oxygens (including phenoxy) is 1. The summed E-state index contributed by atoms with van der Waals surface area (Å²) >= 11 is 3.38. The third kappa shape index (κ3) is 6.11. The van der Waals surface area contributed by atoms with Crippen LogP contribution in [0.3, 0.4) is 0 Å². The van der Waals surface area contributed by atoms with Crippen molar-refractivity contribution in [1.82, 2.24) is 4.31 Å². The van der Waals surface area contributed by atoms with Crippen LogP contribution < -0.4 is 10.1 Å². The highest BCUT2D eigenvalue weighted by Gasteiger charge is 2.30. The van der Waals surface area contributed by atoms with Crippen LogP contribution in [-0.4, -0.2) is 26.9 Å². The quantitative estimate of drug-likeness (QED) is 0.345. The first-order chi connectivity index (χ1) is 15.9. The van der Waals surface area contributed by atoms with Gasteiger partial charge in [-0.3, -0.25) is 0 Å². The molecule has 0 aliphatic carbocycles. The zero-order valence-electron chi connectivity index (χ0n) is 18.7. The number of methoxy groups -OCH3 is 1. The molecule has 0 saturated carbocycles. The van der Waals surface area contributed by atoms with Crippen molar-refractivity contribution in [3.8, 4) is 5.75 Å². The molecule has 3 aromatic carbocycles. The molecule has 0 amide bonds. The van der Waals surface area contributed by atoms with Gasteiger partial charge in [-0.25, -0.2) is 8.42 Å². The summed E-state index contributed by atoms with van der Waals surface area (Å²) in [6, 6.07) is 16.3. The Bertz CT molecular complexity index is 1250. The van der Waals surface area contributed by atoms with Gasteiger partial charge < -0.3 is 10.1 Å². The van der Waals surface area contributed by atoms with E-state index in [0.717, 1.165) is 17.7 Å². The average Bonchev–Trinajstić information content (AvgIpc) is 2.80. The first kappa shape index (κ1) is 26.1. The standard InChI is InChI=1S/C24H24BrF3N2O3S/c1-16(18-5-4-6-19(13-18)24(26,27)28)29-23-12-11-21(14-22(23)25)34(31,32)30(2)15-17-7-9-20(33-3)10-8-17/h4-14,16,29H,15H2,1-3H3/t16-/m0/s1. The molecule has 0 saturated heterocycles. The Morgan fingerprint density at radius 2 is 1.74 bits per heavy atom. The molecule has 0 aromatic heterocycles. The molecule has 0 unspecified atom stereocenters. The van der Waals surface area contributed by atoms with Gasteiger partial charge >= 0.3 is 6.18 Å². The Balaban J connectivity index is 1.75. The van der Waals surface area contributed by atoms with Gasteiger partial charge in [0.05, 0.1) is 17.6 Å². The smallest absolute Gasteiger partial charge is 0.416 e. The zero-order valence-corrected chi connectivity index (χ0v) is 21.1. The number of hydrogen-bond acceptors (Lipinski definition) is 4. The largest absolute Gasteiger partial charge is 0.497 e. The van der Waals surface area contributed by atoms with Crippen molar-refractivity contribution in [3.05, 3.63) is 87.9 Å². The zero-order chi connectivity index (χ0) is 25.1. The molecule has 0 heterocycles. The number of rotatable bonds is 8. The number of anilines is 1. The first-order valence-corrected chi connectivity index (χ1v) is 12.5. The van der Waals surface area contributed by atoms with Crippen LogP contribution in [0.5, 0.6) is 5.75 Å². The minimum absolute atomic E-state index is 0.0904. The Labute approximate surface area is 205 Å². The maximum absolute atomic E-state index is 13.1. The van der Waals surface area contributed by atoms with Crippen LogP contribution in [0.4, 0.5) is 18.9 Å². The molecular weight excluding hydrogens is 533 g/mol. The van der Waals surface area contributed by atoms with Crippen molar-refractivity contribution in [2.45, 2.75) is 30.6 Å². The lowest BCUT2D eigenvalue weighted by Crippen LogP contribution is -2.26. The third-order valence-electron chi connectivity index (χ3n) is 5.30. The van der Waals surface area contributed by atoms with E-state index >= 15 is 0 Å². The van der Waals surface area contributed by atoms with Crippen LogP contribution in [-0.2, 0) is 22.7 Å². The molecule has 1 N–H and O–H groups in total. The van der Waals surface area contributed by atoms with Crippen molar-refractivity contribution >= 4 is 31.6 Å². The van der Waals surface area contributed by atoms with Gasteiger partial charge in [-0.1, -0.05) is 24.3 Å². The van der Waals surface area contributed by atoms with Crippen LogP contribution in [0.2, 0.25) is 0 Å². The maximum Gasteiger partial charge on any atom is 0.416 e. The summed E-state index contributed by atoms with van der Waals surface area (Å²) in [6.45, 7) is 1.91. The van der Waals surface area contributed by atoms with E-state index in [0.29, 0.717) is 21.5 Å². The molecule has 3 rings (SSSR count). The Kier molecular flexibility index (Phi) is 7.95. The van der Waals surface area contributed by atoms with Crippen LogP contribution in [0.25, 0.3) is 0 Å². The number of benzene rings is 3. The van der Waals surface area contributed by atoms with E-state index in [1.165, 1.54) is 29.6 Å². The van der Waals surface area contributed by atoms with Crippen LogP contribution in [0.1, 0.15) is 29.7 Å². The second kappa shape index (κ2) is 10.4. The minimum Gasteiger partial charge on any atom is -0.497 e. The summed E-state index contributed by atoms with van der Waals surface area (Å²) in [6.07, 6.45) is -4.43. The summed E-state index contributed by atoms with van der Waals surface area (Å²) in [5.41, 5.74) is 1.09. The van der Waals surface area contributed by atoms with Crippen LogP contribution >= 0.6 is 15.9 Å². The lowest BCUT2D eigenvalue weighted by atomic mass is 10.0. The molecule has 1 atom stereocenters. The molecule has 3 aromatic rings. The minimum atomic E-state index is -4.43. The highest BCUT2D eigenvalue weighted by Crippen LogP contribution is 2.33. The monoisotopic (exact) mass is 556 g/mol. The first-order valence-electron chi connectivity index (χ1n) is 10.2. The fourth-order valence-electron chi connectivity index (χ4n) is 3.33. The van der Waals surface area contributed by atoms with Gasteiger partial charge in [0, 0.05) is 29.8 Å². The van der Waals surface area contributed by atoms with Crippen molar-refractivity contribution in [2.24, 2.45) is 0 Å². The SMILES string of the molecule is COc1ccc(CN(C)S(=O)(=O)c2ccc(N[C@@H](C)c3cccc(C(F)(F)F)c3)c(Br)c2)cc1. The van der Waals surface area contributed by atoms with E-state index in [-0.39, 0.29) is 11.4 Å². The van der Waals surface area contributed by atoms with Gasteiger partial charge in [0.2, 0.25) is 10.0 Å². The molecule has 0 bridgehead atoms. The van der Waals surface area contributed by atoms with Gasteiger partial charge in [-0.2, -0.15) is 17.5 Å². The second-order valence-corrected chi connectivity index (χ2v) is 10.6. The predicted octanol–water partition coefficient (Wildman–Crippen LogP) is 6.47. The highest BCUT2D eigenvalue weighted by molar-refractivity contribution is 9.10. The number of hydrogen-bond donors (Lipinski definition) is 1. The fourth-order valence-corrected chi connectivity index (χ4v) is 5.16. The van der Waals surface area contributed by atoms with Gasteiger partial charge in [0.15, 0.2) is 0 Å². The maximum atomic E-state index is 13.1. The molecule has 0 radical (unpaired) electrons. The number of alkyl halides is 3. The summed E-state index contributed by atoms with van der Waals surface area (Å²) < 4.78 is 72.0. The second-order valence-electron chi connectivity index (χ2n) is 7.74. The number of nitrogens with one attached hydrogen (secondary N) is 1. The average molecular weight is 557 g/mol. The van der Waals surface area contributed by atoms with Crippen molar-refractivity contribution in [3.63, 3.8) is 0 Å². The van der Waals surface area contributed by atoms with E-state index in [2.05, 4.69) is 21.2 Å². The Morgan fingerprint density at radius 1 is 1.06 bits per heavy atom. The summed E-state index contributed by atoms with van der Waals surface area (Å²) in [5, 5.41) is 3.13. The van der Waals surface area contributed by atoms with Crippen molar-refractivity contribution in [2.75, 3.05) is 19.5 Å². The molecule has 34 heavy (non-hydrogen) atoms. The predicted molar refractivity (Wildman–Crippen MR) is 129 cm³/mol. The third-order valence-corrected chi connectivity index (χ3v) is 7.75. The molecule has 0 spiro atoms. The number of nitrogens with zero attached hydrogens (tertiary/aromatic N) is 1. The molecule has 0 aliphatic heterocycles. The van der Waals surface area contributed by atoms with E-state index in [9.17, 15) is 21.6 Å². The lowest BCUT2D eigenvalue weighted by Gasteiger charge is -2.20. The van der Waals surface area contributed by atoms with Crippen LogP contribution in [0, 0.1) is 0 Å². The van der Waals surface area contributed by atoms with E-state index in [4.69, 9.17) is 4.74 Å². The normalized spacial score (nSPS) is 13.1. The van der Waals surface area contributed by atoms with E-state index in [1.54, 1.807) is 50.4 Å².